The van der Waals surface area contributed by atoms with Gasteiger partial charge in [-0.25, -0.2) is 0 Å². The second-order valence-electron chi connectivity index (χ2n) is 6.17. The Labute approximate surface area is 112 Å². The minimum absolute atomic E-state index is 0.184. The molecule has 3 nitrogen and oxygen atoms in total. The van der Waals surface area contributed by atoms with Crippen molar-refractivity contribution < 1.29 is 9.47 Å². The van der Waals surface area contributed by atoms with E-state index < -0.39 is 0 Å². The zero-order chi connectivity index (χ0) is 13.4. The molecule has 2 aliphatic heterocycles. The third-order valence-corrected chi connectivity index (χ3v) is 4.13. The quantitative estimate of drug-likeness (QED) is 0.676. The number of nitrogens with zero attached hydrogens (tertiary/aromatic N) is 1. The SMILES string of the molecule is Cc1cc(C)c2cc3c(cc2n1)C1OC1C(C)(C)O3. The van der Waals surface area contributed by atoms with E-state index in [0.29, 0.717) is 0 Å². The first-order chi connectivity index (χ1) is 8.95. The molecule has 4 rings (SSSR count). The van der Waals surface area contributed by atoms with E-state index in [2.05, 4.69) is 44.0 Å². The van der Waals surface area contributed by atoms with Crippen molar-refractivity contribution in [3.63, 3.8) is 0 Å². The number of rotatable bonds is 0. The van der Waals surface area contributed by atoms with Crippen molar-refractivity contribution >= 4 is 10.9 Å². The van der Waals surface area contributed by atoms with E-state index in [1.807, 2.05) is 6.92 Å². The number of hydrogen-bond acceptors (Lipinski definition) is 3. The van der Waals surface area contributed by atoms with Gasteiger partial charge < -0.3 is 9.47 Å². The molecule has 1 fully saturated rings. The largest absolute Gasteiger partial charge is 0.485 e. The number of aryl methyl sites for hydroxylation is 2. The molecule has 2 unspecified atom stereocenters. The molecule has 1 aromatic heterocycles. The maximum atomic E-state index is 6.11. The fourth-order valence-electron chi connectivity index (χ4n) is 3.14. The smallest absolute Gasteiger partial charge is 0.132 e. The van der Waals surface area contributed by atoms with Crippen LogP contribution in [-0.4, -0.2) is 16.7 Å². The fourth-order valence-corrected chi connectivity index (χ4v) is 3.14. The lowest BCUT2D eigenvalue weighted by Crippen LogP contribution is -2.37. The van der Waals surface area contributed by atoms with Crippen molar-refractivity contribution in [2.45, 2.75) is 45.5 Å². The Hall–Kier alpha value is -1.61. The molecule has 2 aromatic rings. The molecule has 3 heteroatoms. The maximum absolute atomic E-state index is 6.11. The van der Waals surface area contributed by atoms with Crippen LogP contribution in [-0.2, 0) is 4.74 Å². The van der Waals surface area contributed by atoms with Gasteiger partial charge in [-0.15, -0.1) is 0 Å². The predicted octanol–water partition coefficient (Wildman–Crippen LogP) is 3.46. The Balaban J connectivity index is 1.98. The first-order valence-corrected chi connectivity index (χ1v) is 6.72. The molecule has 19 heavy (non-hydrogen) atoms. The number of benzene rings is 1. The standard InChI is InChI=1S/C16H17NO2/c1-8-5-9(2)17-12-6-11-13(7-10(8)12)19-16(3,4)15-14(11)18-15/h5-7,14-15H,1-4H3. The van der Waals surface area contributed by atoms with Crippen molar-refractivity contribution in [2.24, 2.45) is 0 Å². The lowest BCUT2D eigenvalue weighted by Gasteiger charge is -2.29. The van der Waals surface area contributed by atoms with Crippen LogP contribution in [0.15, 0.2) is 18.2 Å². The Morgan fingerprint density at radius 1 is 1.16 bits per heavy atom. The minimum Gasteiger partial charge on any atom is -0.485 e. The topological polar surface area (TPSA) is 34.7 Å². The van der Waals surface area contributed by atoms with Gasteiger partial charge in [-0.2, -0.15) is 0 Å². The summed E-state index contributed by atoms with van der Waals surface area (Å²) in [5, 5.41) is 1.17. The normalized spacial score (nSPS) is 26.5. The molecular weight excluding hydrogens is 238 g/mol. The molecule has 3 heterocycles. The van der Waals surface area contributed by atoms with E-state index >= 15 is 0 Å². The highest BCUT2D eigenvalue weighted by Crippen LogP contribution is 2.54. The second kappa shape index (κ2) is 3.28. The lowest BCUT2D eigenvalue weighted by atomic mass is 9.93. The molecule has 0 aliphatic carbocycles. The zero-order valence-corrected chi connectivity index (χ0v) is 11.7. The molecule has 0 saturated carbocycles. The Bertz CT molecular complexity index is 705. The van der Waals surface area contributed by atoms with E-state index in [-0.39, 0.29) is 17.8 Å². The summed E-state index contributed by atoms with van der Waals surface area (Å²) < 4.78 is 11.9. The molecule has 1 saturated heterocycles. The van der Waals surface area contributed by atoms with Crippen molar-refractivity contribution in [3.8, 4) is 5.75 Å². The van der Waals surface area contributed by atoms with Gasteiger partial charge in [-0.1, -0.05) is 0 Å². The summed E-state index contributed by atoms with van der Waals surface area (Å²) in [4.78, 5) is 4.62. The molecule has 0 bridgehead atoms. The Morgan fingerprint density at radius 2 is 1.95 bits per heavy atom. The van der Waals surface area contributed by atoms with Gasteiger partial charge in [0.05, 0.1) is 5.52 Å². The van der Waals surface area contributed by atoms with Gasteiger partial charge in [0.2, 0.25) is 0 Å². The van der Waals surface area contributed by atoms with Crippen LogP contribution < -0.4 is 4.74 Å². The number of hydrogen-bond donors (Lipinski definition) is 0. The van der Waals surface area contributed by atoms with Crippen LogP contribution in [0.4, 0.5) is 0 Å². The predicted molar refractivity (Wildman–Crippen MR) is 73.5 cm³/mol. The minimum atomic E-state index is -0.239. The van der Waals surface area contributed by atoms with Crippen molar-refractivity contribution in [1.29, 1.82) is 0 Å². The summed E-state index contributed by atoms with van der Waals surface area (Å²) in [5.74, 6) is 0.949. The van der Waals surface area contributed by atoms with Crippen molar-refractivity contribution in [2.75, 3.05) is 0 Å². The number of fused-ring (bicyclic) bond motifs is 4. The summed E-state index contributed by atoms with van der Waals surface area (Å²) in [5.41, 5.74) is 4.24. The van der Waals surface area contributed by atoms with Gasteiger partial charge in [0.15, 0.2) is 0 Å². The first-order valence-electron chi connectivity index (χ1n) is 6.72. The zero-order valence-electron chi connectivity index (χ0n) is 11.7. The van der Waals surface area contributed by atoms with Gasteiger partial charge in [0, 0.05) is 16.6 Å². The highest BCUT2D eigenvalue weighted by Gasteiger charge is 2.56. The van der Waals surface area contributed by atoms with E-state index in [9.17, 15) is 0 Å². The molecule has 1 aromatic carbocycles. The molecule has 0 amide bonds. The second-order valence-corrected chi connectivity index (χ2v) is 6.17. The van der Waals surface area contributed by atoms with Crippen LogP contribution in [0.25, 0.3) is 10.9 Å². The van der Waals surface area contributed by atoms with Crippen LogP contribution in [0.5, 0.6) is 5.75 Å². The summed E-state index contributed by atoms with van der Waals surface area (Å²) >= 11 is 0. The van der Waals surface area contributed by atoms with Gasteiger partial charge in [-0.3, -0.25) is 4.98 Å². The molecular formula is C16H17NO2. The highest BCUT2D eigenvalue weighted by atomic mass is 16.6. The molecule has 2 aliphatic rings. The summed E-state index contributed by atoms with van der Waals surface area (Å²) in [6, 6.07) is 6.36. The number of aromatic nitrogens is 1. The fraction of sp³-hybridized carbons (Fsp3) is 0.438. The van der Waals surface area contributed by atoms with Gasteiger partial charge >= 0.3 is 0 Å². The third-order valence-electron chi connectivity index (χ3n) is 4.13. The number of epoxide rings is 1. The van der Waals surface area contributed by atoms with Crippen LogP contribution in [0.1, 0.15) is 36.8 Å². The average Bonchev–Trinajstić information content (AvgIpc) is 3.08. The van der Waals surface area contributed by atoms with E-state index in [0.717, 1.165) is 22.5 Å². The van der Waals surface area contributed by atoms with Crippen molar-refractivity contribution in [3.05, 3.63) is 35.0 Å². The first kappa shape index (κ1) is 11.2. The van der Waals surface area contributed by atoms with Crippen LogP contribution in [0.3, 0.4) is 0 Å². The summed E-state index contributed by atoms with van der Waals surface area (Å²) in [6.45, 7) is 8.33. The van der Waals surface area contributed by atoms with Crippen LogP contribution >= 0.6 is 0 Å². The Morgan fingerprint density at radius 3 is 2.74 bits per heavy atom. The number of ether oxygens (including phenoxy) is 2. The lowest BCUT2D eigenvalue weighted by molar-refractivity contribution is 0.0727. The molecule has 0 N–H and O–H groups in total. The summed E-state index contributed by atoms with van der Waals surface area (Å²) in [6.07, 6.45) is 0.370. The van der Waals surface area contributed by atoms with E-state index in [1.54, 1.807) is 0 Å². The van der Waals surface area contributed by atoms with Gasteiger partial charge in [-0.05, 0) is 51.5 Å². The van der Waals surface area contributed by atoms with Gasteiger partial charge in [0.25, 0.3) is 0 Å². The van der Waals surface area contributed by atoms with E-state index in [4.69, 9.17) is 9.47 Å². The van der Waals surface area contributed by atoms with Gasteiger partial charge in [0.1, 0.15) is 23.6 Å². The maximum Gasteiger partial charge on any atom is 0.132 e. The molecule has 98 valence electrons. The van der Waals surface area contributed by atoms with Crippen LogP contribution in [0.2, 0.25) is 0 Å². The Kier molecular flexibility index (Phi) is 1.94. The van der Waals surface area contributed by atoms with Crippen LogP contribution in [0, 0.1) is 13.8 Å². The number of pyridine rings is 1. The molecule has 0 spiro atoms. The van der Waals surface area contributed by atoms with E-state index in [1.165, 1.54) is 10.9 Å². The third kappa shape index (κ3) is 1.51. The monoisotopic (exact) mass is 255 g/mol. The molecule has 0 radical (unpaired) electrons. The molecule has 2 atom stereocenters. The summed E-state index contributed by atoms with van der Waals surface area (Å²) in [7, 11) is 0. The average molecular weight is 255 g/mol. The van der Waals surface area contributed by atoms with Crippen molar-refractivity contribution in [1.82, 2.24) is 4.98 Å². The highest BCUT2D eigenvalue weighted by molar-refractivity contribution is 5.85.